The van der Waals surface area contributed by atoms with Gasteiger partial charge in [-0.15, -0.1) is 0 Å². The van der Waals surface area contributed by atoms with Gasteiger partial charge in [-0.25, -0.2) is 0 Å². The molecule has 1 fully saturated rings. The van der Waals surface area contributed by atoms with Gasteiger partial charge in [0.25, 0.3) is 0 Å². The lowest BCUT2D eigenvalue weighted by atomic mass is 9.99. The van der Waals surface area contributed by atoms with E-state index < -0.39 is 0 Å². The first-order chi connectivity index (χ1) is 9.12. The van der Waals surface area contributed by atoms with Crippen LogP contribution in [0.5, 0.6) is 0 Å². The molecule has 5 heteroatoms. The number of rotatable bonds is 8. The van der Waals surface area contributed by atoms with Gasteiger partial charge in [-0.1, -0.05) is 18.5 Å². The summed E-state index contributed by atoms with van der Waals surface area (Å²) in [5, 5.41) is 8.83. The van der Waals surface area contributed by atoms with Crippen molar-refractivity contribution in [1.29, 1.82) is 0 Å². The number of methoxy groups -OCH3 is 1. The lowest BCUT2D eigenvalue weighted by molar-refractivity contribution is 0.197. The highest BCUT2D eigenvalue weighted by molar-refractivity contribution is 6.31. The summed E-state index contributed by atoms with van der Waals surface area (Å²) in [7, 11) is 3.73. The van der Waals surface area contributed by atoms with E-state index in [1.54, 1.807) is 7.11 Å². The zero-order valence-corrected chi connectivity index (χ0v) is 12.9. The molecule has 1 aliphatic carbocycles. The standard InChI is InChI=1S/C14H24ClN3O/c1-4-11-13(15)12(18(2)17-11)9-14(5-6-14)10-16-7-8-19-3/h16H,4-10H2,1-3H3. The predicted octanol–water partition coefficient (Wildman–Crippen LogP) is 2.19. The van der Waals surface area contributed by atoms with Crippen LogP contribution in [0, 0.1) is 5.41 Å². The Morgan fingerprint density at radius 3 is 2.74 bits per heavy atom. The lowest BCUT2D eigenvalue weighted by Gasteiger charge is -2.16. The maximum atomic E-state index is 6.42. The van der Waals surface area contributed by atoms with Gasteiger partial charge in [0, 0.05) is 27.2 Å². The molecule has 1 aromatic heterocycles. The quantitative estimate of drug-likeness (QED) is 0.744. The van der Waals surface area contributed by atoms with Crippen LogP contribution in [0.15, 0.2) is 0 Å². The van der Waals surface area contributed by atoms with Crippen molar-refractivity contribution in [2.24, 2.45) is 12.5 Å². The van der Waals surface area contributed by atoms with Crippen molar-refractivity contribution in [1.82, 2.24) is 15.1 Å². The summed E-state index contributed by atoms with van der Waals surface area (Å²) in [6.45, 7) is 4.82. The second kappa shape index (κ2) is 6.25. The number of aromatic nitrogens is 2. The van der Waals surface area contributed by atoms with E-state index in [-0.39, 0.29) is 0 Å². The van der Waals surface area contributed by atoms with E-state index in [4.69, 9.17) is 16.3 Å². The lowest BCUT2D eigenvalue weighted by Crippen LogP contribution is -2.28. The fraction of sp³-hybridized carbons (Fsp3) is 0.786. The molecule has 0 unspecified atom stereocenters. The van der Waals surface area contributed by atoms with Crippen LogP contribution in [0.25, 0.3) is 0 Å². The fourth-order valence-electron chi connectivity index (χ4n) is 2.49. The van der Waals surface area contributed by atoms with E-state index in [1.165, 1.54) is 18.5 Å². The molecule has 1 saturated carbocycles. The van der Waals surface area contributed by atoms with E-state index in [9.17, 15) is 0 Å². The van der Waals surface area contributed by atoms with Crippen molar-refractivity contribution in [3.63, 3.8) is 0 Å². The van der Waals surface area contributed by atoms with Crippen LogP contribution in [0.1, 0.15) is 31.2 Å². The van der Waals surface area contributed by atoms with Gasteiger partial charge in [-0.05, 0) is 31.1 Å². The Hall–Kier alpha value is -0.580. The molecule has 1 aromatic rings. The van der Waals surface area contributed by atoms with Crippen LogP contribution in [0.2, 0.25) is 5.02 Å². The summed E-state index contributed by atoms with van der Waals surface area (Å²) in [5.74, 6) is 0. The SMILES string of the molecule is CCc1nn(C)c(CC2(CNCCOC)CC2)c1Cl. The number of aryl methyl sites for hydroxylation is 2. The molecule has 0 saturated heterocycles. The Morgan fingerprint density at radius 2 is 2.21 bits per heavy atom. The Bertz CT molecular complexity index is 427. The smallest absolute Gasteiger partial charge is 0.0849 e. The average molecular weight is 286 g/mol. The third-order valence-corrected chi connectivity index (χ3v) is 4.42. The topological polar surface area (TPSA) is 39.1 Å². The minimum atomic E-state index is 0.385. The molecule has 0 atom stereocenters. The fourth-order valence-corrected chi connectivity index (χ4v) is 2.85. The molecule has 19 heavy (non-hydrogen) atoms. The van der Waals surface area contributed by atoms with Gasteiger partial charge in [0.2, 0.25) is 0 Å². The third kappa shape index (κ3) is 3.50. The van der Waals surface area contributed by atoms with Crippen molar-refractivity contribution in [2.75, 3.05) is 26.8 Å². The van der Waals surface area contributed by atoms with Crippen LogP contribution in [-0.2, 0) is 24.6 Å². The summed E-state index contributed by atoms with van der Waals surface area (Å²) < 4.78 is 7.01. The van der Waals surface area contributed by atoms with Crippen LogP contribution in [-0.4, -0.2) is 36.6 Å². The Labute approximate surface area is 120 Å². The van der Waals surface area contributed by atoms with Gasteiger partial charge in [0.1, 0.15) is 0 Å². The molecule has 1 heterocycles. The van der Waals surface area contributed by atoms with Gasteiger partial charge in [0.05, 0.1) is 23.0 Å². The molecule has 0 radical (unpaired) electrons. The number of hydrogen-bond donors (Lipinski definition) is 1. The van der Waals surface area contributed by atoms with E-state index in [2.05, 4.69) is 17.3 Å². The summed E-state index contributed by atoms with van der Waals surface area (Å²) in [6, 6.07) is 0. The van der Waals surface area contributed by atoms with Crippen molar-refractivity contribution in [3.8, 4) is 0 Å². The van der Waals surface area contributed by atoms with E-state index in [0.29, 0.717) is 5.41 Å². The van der Waals surface area contributed by atoms with Gasteiger partial charge in [-0.3, -0.25) is 4.68 Å². The van der Waals surface area contributed by atoms with Gasteiger partial charge < -0.3 is 10.1 Å². The van der Waals surface area contributed by atoms with Crippen molar-refractivity contribution >= 4 is 11.6 Å². The minimum absolute atomic E-state index is 0.385. The number of ether oxygens (including phenoxy) is 1. The summed E-state index contributed by atoms with van der Waals surface area (Å²) >= 11 is 6.42. The van der Waals surface area contributed by atoms with Crippen LogP contribution in [0.4, 0.5) is 0 Å². The Kier molecular flexibility index (Phi) is 4.87. The number of halogens is 1. The second-order valence-electron chi connectivity index (χ2n) is 5.53. The van der Waals surface area contributed by atoms with Crippen LogP contribution < -0.4 is 5.32 Å². The molecule has 4 nitrogen and oxygen atoms in total. The molecular formula is C14H24ClN3O. The minimum Gasteiger partial charge on any atom is -0.383 e. The molecule has 108 valence electrons. The summed E-state index contributed by atoms with van der Waals surface area (Å²) in [5.41, 5.74) is 2.59. The maximum absolute atomic E-state index is 6.42. The summed E-state index contributed by atoms with van der Waals surface area (Å²) in [4.78, 5) is 0. The zero-order valence-electron chi connectivity index (χ0n) is 12.1. The highest BCUT2D eigenvalue weighted by atomic mass is 35.5. The highest BCUT2D eigenvalue weighted by Gasteiger charge is 2.43. The highest BCUT2D eigenvalue weighted by Crippen LogP contribution is 2.48. The van der Waals surface area contributed by atoms with E-state index >= 15 is 0 Å². The first-order valence-electron chi connectivity index (χ1n) is 7.02. The zero-order chi connectivity index (χ0) is 13.9. The maximum Gasteiger partial charge on any atom is 0.0849 e. The number of nitrogens with one attached hydrogen (secondary N) is 1. The molecular weight excluding hydrogens is 262 g/mol. The number of nitrogens with zero attached hydrogens (tertiary/aromatic N) is 2. The molecule has 0 aromatic carbocycles. The molecule has 0 bridgehead atoms. The third-order valence-electron chi connectivity index (χ3n) is 3.99. The van der Waals surface area contributed by atoms with Crippen LogP contribution in [0.3, 0.4) is 0 Å². The Morgan fingerprint density at radius 1 is 1.47 bits per heavy atom. The number of hydrogen-bond acceptors (Lipinski definition) is 3. The largest absolute Gasteiger partial charge is 0.383 e. The van der Waals surface area contributed by atoms with Crippen LogP contribution >= 0.6 is 11.6 Å². The molecule has 0 aliphatic heterocycles. The van der Waals surface area contributed by atoms with Gasteiger partial charge in [-0.2, -0.15) is 5.10 Å². The normalized spacial score (nSPS) is 16.8. The van der Waals surface area contributed by atoms with E-state index in [0.717, 1.165) is 43.3 Å². The molecule has 2 rings (SSSR count). The monoisotopic (exact) mass is 285 g/mol. The van der Waals surface area contributed by atoms with Gasteiger partial charge >= 0.3 is 0 Å². The first kappa shape index (κ1) is 14.8. The molecule has 0 spiro atoms. The molecule has 1 aliphatic rings. The predicted molar refractivity (Wildman–Crippen MR) is 77.7 cm³/mol. The van der Waals surface area contributed by atoms with Crippen molar-refractivity contribution < 1.29 is 4.74 Å². The first-order valence-corrected chi connectivity index (χ1v) is 7.39. The van der Waals surface area contributed by atoms with E-state index in [1.807, 2.05) is 11.7 Å². The van der Waals surface area contributed by atoms with Crippen molar-refractivity contribution in [2.45, 2.75) is 32.6 Å². The second-order valence-corrected chi connectivity index (χ2v) is 5.91. The molecule has 1 N–H and O–H groups in total. The Balaban J connectivity index is 1.95. The molecule has 0 amide bonds. The van der Waals surface area contributed by atoms with Crippen molar-refractivity contribution in [3.05, 3.63) is 16.4 Å². The summed E-state index contributed by atoms with van der Waals surface area (Å²) in [6.07, 6.45) is 4.47. The van der Waals surface area contributed by atoms with Gasteiger partial charge in [0.15, 0.2) is 0 Å². The average Bonchev–Trinajstić information content (AvgIpc) is 3.12.